The van der Waals surface area contributed by atoms with Crippen molar-refractivity contribution in [2.75, 3.05) is 13.1 Å². The summed E-state index contributed by atoms with van der Waals surface area (Å²) in [5.41, 5.74) is 6.63. The van der Waals surface area contributed by atoms with Crippen molar-refractivity contribution in [3.63, 3.8) is 0 Å². The molecule has 0 aliphatic carbocycles. The number of benzene rings is 3. The van der Waals surface area contributed by atoms with Crippen LogP contribution in [0.4, 0.5) is 13.6 Å². The van der Waals surface area contributed by atoms with Crippen LogP contribution in [0.25, 0.3) is 22.2 Å². The van der Waals surface area contributed by atoms with Gasteiger partial charge in [-0.05, 0) is 91.3 Å². The molecule has 2 heterocycles. The molecular weight excluding hydrogens is 508 g/mol. The van der Waals surface area contributed by atoms with E-state index in [-0.39, 0.29) is 11.9 Å². The number of rotatable bonds is 6. The lowest BCUT2D eigenvalue weighted by molar-refractivity contribution is 0.104. The predicted molar refractivity (Wildman–Crippen MR) is 151 cm³/mol. The molecule has 2 atom stereocenters. The minimum Gasteiger partial charge on any atom is -0.342 e. The molecule has 0 radical (unpaired) electrons. The molecule has 0 unspecified atom stereocenters. The highest BCUT2D eigenvalue weighted by atomic mass is 19.2. The zero-order valence-corrected chi connectivity index (χ0v) is 23.0. The Morgan fingerprint density at radius 1 is 1.10 bits per heavy atom. The van der Waals surface area contributed by atoms with Crippen molar-refractivity contribution in [2.24, 2.45) is 5.92 Å². The maximum Gasteiger partial charge on any atom is 0.320 e. The van der Waals surface area contributed by atoms with Gasteiger partial charge in [-0.3, -0.25) is 0 Å². The topological polar surface area (TPSA) is 76.0 Å². The summed E-state index contributed by atoms with van der Waals surface area (Å²) in [5.74, 6) is -1.27. The van der Waals surface area contributed by atoms with E-state index in [0.717, 1.165) is 57.7 Å². The van der Waals surface area contributed by atoms with E-state index < -0.39 is 17.7 Å². The molecule has 0 saturated carbocycles. The molecule has 2 amide bonds. The number of aromatic nitrogens is 2. The molecule has 206 valence electrons. The van der Waals surface area contributed by atoms with Gasteiger partial charge in [0.25, 0.3) is 0 Å². The number of piperidine rings is 1. The second-order valence-electron chi connectivity index (χ2n) is 10.6. The summed E-state index contributed by atoms with van der Waals surface area (Å²) in [6, 6.07) is 17.8. The lowest BCUT2D eigenvalue weighted by atomic mass is 9.88. The van der Waals surface area contributed by atoms with Gasteiger partial charge in [0.05, 0.1) is 29.1 Å². The van der Waals surface area contributed by atoms with Crippen LogP contribution in [-0.2, 0) is 6.54 Å². The number of carbonyl (C=O) groups is 1. The summed E-state index contributed by atoms with van der Waals surface area (Å²) in [6.45, 7) is 7.34. The first-order valence-electron chi connectivity index (χ1n) is 13.7. The first kappa shape index (κ1) is 27.3. The molecule has 0 bridgehead atoms. The zero-order valence-electron chi connectivity index (χ0n) is 23.0. The van der Waals surface area contributed by atoms with Crippen LogP contribution in [0.3, 0.4) is 0 Å². The van der Waals surface area contributed by atoms with Crippen LogP contribution in [0.1, 0.15) is 54.7 Å². The number of carbonyl (C=O) groups excluding carboxylic acids is 1. The number of aryl methyl sites for hydroxylation is 2. The average Bonchev–Trinajstić information content (AvgIpc) is 3.34. The van der Waals surface area contributed by atoms with Gasteiger partial charge in [0.15, 0.2) is 11.6 Å². The highest BCUT2D eigenvalue weighted by Gasteiger charge is 2.35. The summed E-state index contributed by atoms with van der Waals surface area (Å²) >= 11 is 0. The van der Waals surface area contributed by atoms with Gasteiger partial charge in [-0.25, -0.2) is 18.6 Å². The van der Waals surface area contributed by atoms with Crippen molar-refractivity contribution in [1.82, 2.24) is 19.8 Å². The van der Waals surface area contributed by atoms with E-state index in [1.807, 2.05) is 31.7 Å². The van der Waals surface area contributed by atoms with E-state index in [2.05, 4.69) is 46.4 Å². The Hall–Kier alpha value is -4.25. The van der Waals surface area contributed by atoms with E-state index in [1.54, 1.807) is 4.90 Å². The SMILES string of the molecule is CCCN(Cc1cc(-c2ccc3nc(C)[nH]c3c2)ccc1C)C(=O)N1CC[C@@H](C#N)C[C@@H]1c1ccc(F)c(F)c1. The lowest BCUT2D eigenvalue weighted by Crippen LogP contribution is -2.48. The smallest absolute Gasteiger partial charge is 0.320 e. The van der Waals surface area contributed by atoms with Gasteiger partial charge in [-0.1, -0.05) is 31.2 Å². The summed E-state index contributed by atoms with van der Waals surface area (Å²) in [4.78, 5) is 25.4. The van der Waals surface area contributed by atoms with E-state index in [9.17, 15) is 18.8 Å². The Morgan fingerprint density at radius 3 is 2.62 bits per heavy atom. The Labute approximate surface area is 233 Å². The molecule has 3 aromatic carbocycles. The third-order valence-electron chi connectivity index (χ3n) is 7.77. The standard InChI is InChI=1S/C32H33F2N5O/c1-4-12-38(32(40)39-13-11-22(18-35)14-31(39)25-7-9-27(33)28(34)16-25)19-26-15-23(6-5-20(26)2)24-8-10-29-30(17-24)37-21(3)36-29/h5-10,15-17,22,31H,4,11-14,19H2,1-3H3,(H,36,37)/t22-,31-/m1/s1. The highest BCUT2D eigenvalue weighted by Crippen LogP contribution is 2.36. The molecule has 5 rings (SSSR count). The molecule has 8 heteroatoms. The molecule has 1 aromatic heterocycles. The van der Waals surface area contributed by atoms with Gasteiger partial charge < -0.3 is 14.8 Å². The molecule has 1 fully saturated rings. The van der Waals surface area contributed by atoms with Crippen LogP contribution in [-0.4, -0.2) is 38.9 Å². The zero-order chi connectivity index (χ0) is 28.4. The van der Waals surface area contributed by atoms with Crippen LogP contribution in [0.2, 0.25) is 0 Å². The number of hydrogen-bond donors (Lipinski definition) is 1. The Balaban J connectivity index is 1.43. The monoisotopic (exact) mass is 541 g/mol. The number of nitriles is 1. The first-order valence-corrected chi connectivity index (χ1v) is 13.7. The molecule has 1 N–H and O–H groups in total. The lowest BCUT2D eigenvalue weighted by Gasteiger charge is -2.41. The van der Waals surface area contributed by atoms with Gasteiger partial charge >= 0.3 is 6.03 Å². The average molecular weight is 542 g/mol. The number of H-pyrrole nitrogens is 1. The minimum absolute atomic E-state index is 0.160. The third-order valence-corrected chi connectivity index (χ3v) is 7.77. The van der Waals surface area contributed by atoms with Crippen LogP contribution >= 0.6 is 0 Å². The number of nitrogens with zero attached hydrogens (tertiary/aromatic N) is 4. The van der Waals surface area contributed by atoms with E-state index in [1.165, 1.54) is 6.07 Å². The van der Waals surface area contributed by atoms with E-state index in [0.29, 0.717) is 38.0 Å². The summed E-state index contributed by atoms with van der Waals surface area (Å²) in [6.07, 6.45) is 1.70. The van der Waals surface area contributed by atoms with Crippen LogP contribution in [0, 0.1) is 42.7 Å². The number of imidazole rings is 1. The fourth-order valence-corrected chi connectivity index (χ4v) is 5.58. The van der Waals surface area contributed by atoms with Crippen molar-refractivity contribution < 1.29 is 13.6 Å². The quantitative estimate of drug-likeness (QED) is 0.276. The molecule has 6 nitrogen and oxygen atoms in total. The Morgan fingerprint density at radius 2 is 1.88 bits per heavy atom. The molecule has 0 spiro atoms. The molecule has 1 saturated heterocycles. The number of hydrogen-bond acceptors (Lipinski definition) is 3. The van der Waals surface area contributed by atoms with Crippen molar-refractivity contribution in [3.05, 3.63) is 88.7 Å². The van der Waals surface area contributed by atoms with E-state index >= 15 is 0 Å². The number of aromatic amines is 1. The molecule has 1 aliphatic rings. The summed E-state index contributed by atoms with van der Waals surface area (Å²) in [7, 11) is 0. The van der Waals surface area contributed by atoms with Gasteiger partial charge in [-0.15, -0.1) is 0 Å². The number of fused-ring (bicyclic) bond motifs is 1. The predicted octanol–water partition coefficient (Wildman–Crippen LogP) is 7.43. The van der Waals surface area contributed by atoms with Crippen molar-refractivity contribution >= 4 is 17.1 Å². The maximum atomic E-state index is 14.2. The van der Waals surface area contributed by atoms with Crippen molar-refractivity contribution in [3.8, 4) is 17.2 Å². The number of nitrogens with one attached hydrogen (secondary N) is 1. The number of likely N-dealkylation sites (tertiary alicyclic amines) is 1. The van der Waals surface area contributed by atoms with Gasteiger partial charge in [-0.2, -0.15) is 5.26 Å². The fraction of sp³-hybridized carbons (Fsp3) is 0.344. The Kier molecular flexibility index (Phi) is 7.83. The Bertz CT molecular complexity index is 1590. The molecule has 1 aliphatic heterocycles. The summed E-state index contributed by atoms with van der Waals surface area (Å²) < 4.78 is 27.8. The number of amides is 2. The van der Waals surface area contributed by atoms with E-state index in [4.69, 9.17) is 0 Å². The van der Waals surface area contributed by atoms with Crippen molar-refractivity contribution in [1.29, 1.82) is 5.26 Å². The summed E-state index contributed by atoms with van der Waals surface area (Å²) in [5, 5.41) is 9.57. The number of halogens is 2. The largest absolute Gasteiger partial charge is 0.342 e. The number of urea groups is 1. The van der Waals surface area contributed by atoms with Crippen LogP contribution < -0.4 is 0 Å². The van der Waals surface area contributed by atoms with Gasteiger partial charge in [0, 0.05) is 19.6 Å². The molecular formula is C32H33F2N5O. The molecule has 4 aromatic rings. The van der Waals surface area contributed by atoms with Crippen molar-refractivity contribution in [2.45, 2.75) is 52.6 Å². The second-order valence-corrected chi connectivity index (χ2v) is 10.6. The second kappa shape index (κ2) is 11.5. The normalized spacial score (nSPS) is 17.1. The molecule has 40 heavy (non-hydrogen) atoms. The highest BCUT2D eigenvalue weighted by molar-refractivity contribution is 5.82. The van der Waals surface area contributed by atoms with Crippen LogP contribution in [0.15, 0.2) is 54.6 Å². The first-order chi connectivity index (χ1) is 19.3. The minimum atomic E-state index is -0.953. The fourth-order valence-electron chi connectivity index (χ4n) is 5.58. The maximum absolute atomic E-state index is 14.2. The van der Waals surface area contributed by atoms with Gasteiger partial charge in [0.1, 0.15) is 5.82 Å². The van der Waals surface area contributed by atoms with Gasteiger partial charge in [0.2, 0.25) is 0 Å². The van der Waals surface area contributed by atoms with Crippen LogP contribution in [0.5, 0.6) is 0 Å². The third kappa shape index (κ3) is 5.55.